The zero-order chi connectivity index (χ0) is 18.9. The van der Waals surface area contributed by atoms with E-state index in [9.17, 15) is 0 Å². The molecule has 2 fully saturated rings. The second kappa shape index (κ2) is 7.48. The number of ether oxygens (including phenoxy) is 1. The molecule has 0 bridgehead atoms. The standard InChI is InChI=1S/C21H25N5O2/c1-14-22-21(28-25-14)18-12-15-4-2-3-5-19(15)24-20(18)26-9-6-16(7-10-26)23-17-8-11-27-13-17/h2-5,12,16-17,23H,6-11,13H2,1H3. The number of piperidine rings is 1. The number of nitrogens with one attached hydrogen (secondary N) is 1. The minimum Gasteiger partial charge on any atom is -0.380 e. The van der Waals surface area contributed by atoms with Gasteiger partial charge < -0.3 is 19.5 Å². The van der Waals surface area contributed by atoms with Crippen LogP contribution >= 0.6 is 0 Å². The fourth-order valence-corrected chi connectivity index (χ4v) is 4.17. The molecule has 0 spiro atoms. The Morgan fingerprint density at radius 3 is 2.68 bits per heavy atom. The maximum atomic E-state index is 5.49. The van der Waals surface area contributed by atoms with Crippen LogP contribution in [0.15, 0.2) is 34.9 Å². The van der Waals surface area contributed by atoms with Crippen molar-refractivity contribution in [2.75, 3.05) is 31.2 Å². The molecule has 0 saturated carbocycles. The lowest BCUT2D eigenvalue weighted by molar-refractivity contribution is 0.186. The van der Waals surface area contributed by atoms with E-state index in [-0.39, 0.29) is 0 Å². The third-order valence-electron chi connectivity index (χ3n) is 5.66. The summed E-state index contributed by atoms with van der Waals surface area (Å²) in [4.78, 5) is 11.8. The van der Waals surface area contributed by atoms with Gasteiger partial charge in [0, 0.05) is 37.2 Å². The maximum absolute atomic E-state index is 5.49. The Morgan fingerprint density at radius 2 is 1.93 bits per heavy atom. The number of rotatable bonds is 4. The molecule has 2 aromatic heterocycles. The SMILES string of the molecule is Cc1noc(-c2cc3ccccc3nc2N2CCC(NC3CCOC3)CC2)n1. The van der Waals surface area contributed by atoms with Crippen LogP contribution in [-0.4, -0.2) is 53.5 Å². The van der Waals surface area contributed by atoms with E-state index in [2.05, 4.69) is 38.6 Å². The van der Waals surface area contributed by atoms with Gasteiger partial charge in [0.05, 0.1) is 17.7 Å². The first kappa shape index (κ1) is 17.6. The lowest BCUT2D eigenvalue weighted by Gasteiger charge is -2.35. The van der Waals surface area contributed by atoms with E-state index >= 15 is 0 Å². The molecule has 146 valence electrons. The van der Waals surface area contributed by atoms with Crippen LogP contribution < -0.4 is 10.2 Å². The van der Waals surface area contributed by atoms with Gasteiger partial charge in [-0.05, 0) is 38.3 Å². The van der Waals surface area contributed by atoms with E-state index in [4.69, 9.17) is 14.2 Å². The van der Waals surface area contributed by atoms with Gasteiger partial charge in [0.15, 0.2) is 5.82 Å². The quantitative estimate of drug-likeness (QED) is 0.747. The van der Waals surface area contributed by atoms with E-state index in [1.165, 1.54) is 0 Å². The highest BCUT2D eigenvalue weighted by Crippen LogP contribution is 2.33. The second-order valence-corrected chi connectivity index (χ2v) is 7.69. The fraction of sp³-hybridized carbons (Fsp3) is 0.476. The van der Waals surface area contributed by atoms with Crippen molar-refractivity contribution in [3.8, 4) is 11.5 Å². The molecule has 4 heterocycles. The number of nitrogens with zero attached hydrogens (tertiary/aromatic N) is 4. The number of pyridine rings is 1. The van der Waals surface area contributed by atoms with Crippen molar-refractivity contribution in [2.45, 2.75) is 38.3 Å². The predicted octanol–water partition coefficient (Wildman–Crippen LogP) is 2.94. The number of para-hydroxylation sites is 1. The molecular formula is C21H25N5O2. The normalized spacial score (nSPS) is 20.9. The summed E-state index contributed by atoms with van der Waals surface area (Å²) in [6.07, 6.45) is 3.30. The van der Waals surface area contributed by atoms with Crippen LogP contribution in [0.5, 0.6) is 0 Å². The molecular weight excluding hydrogens is 354 g/mol. The number of fused-ring (bicyclic) bond motifs is 1. The van der Waals surface area contributed by atoms with Crippen LogP contribution in [0, 0.1) is 6.92 Å². The Morgan fingerprint density at radius 1 is 1.07 bits per heavy atom. The highest BCUT2D eigenvalue weighted by atomic mass is 16.5. The molecule has 7 nitrogen and oxygen atoms in total. The van der Waals surface area contributed by atoms with Crippen molar-refractivity contribution < 1.29 is 9.26 Å². The van der Waals surface area contributed by atoms with Gasteiger partial charge in [0.2, 0.25) is 0 Å². The van der Waals surface area contributed by atoms with E-state index < -0.39 is 0 Å². The van der Waals surface area contributed by atoms with Crippen LogP contribution in [0.4, 0.5) is 5.82 Å². The number of anilines is 1. The molecule has 0 aliphatic carbocycles. The van der Waals surface area contributed by atoms with Gasteiger partial charge in [-0.25, -0.2) is 4.98 Å². The number of aromatic nitrogens is 3. The third kappa shape index (κ3) is 3.47. The van der Waals surface area contributed by atoms with Gasteiger partial charge in [-0.2, -0.15) is 4.98 Å². The summed E-state index contributed by atoms with van der Waals surface area (Å²) in [5.41, 5.74) is 1.90. The van der Waals surface area contributed by atoms with Crippen LogP contribution in [-0.2, 0) is 4.74 Å². The third-order valence-corrected chi connectivity index (χ3v) is 5.66. The molecule has 0 amide bonds. The molecule has 3 aromatic rings. The molecule has 1 unspecified atom stereocenters. The average Bonchev–Trinajstić information content (AvgIpc) is 3.39. The Hall–Kier alpha value is -2.51. The van der Waals surface area contributed by atoms with Gasteiger partial charge in [0.1, 0.15) is 5.82 Å². The topological polar surface area (TPSA) is 76.3 Å². The molecule has 2 aliphatic heterocycles. The van der Waals surface area contributed by atoms with Crippen LogP contribution in [0.3, 0.4) is 0 Å². The van der Waals surface area contributed by atoms with Crippen molar-refractivity contribution >= 4 is 16.7 Å². The van der Waals surface area contributed by atoms with Crippen molar-refractivity contribution in [1.29, 1.82) is 0 Å². The van der Waals surface area contributed by atoms with Crippen LogP contribution in [0.25, 0.3) is 22.4 Å². The zero-order valence-corrected chi connectivity index (χ0v) is 16.1. The molecule has 1 aromatic carbocycles. The molecule has 5 rings (SSSR count). The summed E-state index contributed by atoms with van der Waals surface area (Å²) in [5, 5.41) is 8.81. The number of hydrogen-bond acceptors (Lipinski definition) is 7. The van der Waals surface area contributed by atoms with E-state index in [0.29, 0.717) is 23.8 Å². The van der Waals surface area contributed by atoms with Crippen LogP contribution in [0.1, 0.15) is 25.1 Å². The summed E-state index contributed by atoms with van der Waals surface area (Å²) in [6, 6.07) is 11.3. The van der Waals surface area contributed by atoms with Gasteiger partial charge >= 0.3 is 0 Å². The van der Waals surface area contributed by atoms with Gasteiger partial charge in [-0.3, -0.25) is 0 Å². The highest BCUT2D eigenvalue weighted by molar-refractivity contribution is 5.87. The molecule has 28 heavy (non-hydrogen) atoms. The average molecular weight is 379 g/mol. The Balaban J connectivity index is 1.41. The first-order chi connectivity index (χ1) is 13.8. The van der Waals surface area contributed by atoms with Crippen molar-refractivity contribution in [2.24, 2.45) is 0 Å². The zero-order valence-electron chi connectivity index (χ0n) is 16.1. The predicted molar refractivity (Wildman–Crippen MR) is 107 cm³/mol. The number of hydrogen-bond donors (Lipinski definition) is 1. The van der Waals surface area contributed by atoms with E-state index in [0.717, 1.165) is 67.8 Å². The molecule has 2 saturated heterocycles. The lowest BCUT2D eigenvalue weighted by atomic mass is 10.0. The van der Waals surface area contributed by atoms with E-state index in [1.54, 1.807) is 0 Å². The van der Waals surface area contributed by atoms with Crippen molar-refractivity contribution in [1.82, 2.24) is 20.4 Å². The van der Waals surface area contributed by atoms with Gasteiger partial charge in [-0.15, -0.1) is 0 Å². The molecule has 0 radical (unpaired) electrons. The smallest absolute Gasteiger partial charge is 0.261 e. The van der Waals surface area contributed by atoms with Crippen molar-refractivity contribution in [3.63, 3.8) is 0 Å². The number of aryl methyl sites for hydroxylation is 1. The molecule has 1 atom stereocenters. The fourth-order valence-electron chi connectivity index (χ4n) is 4.17. The summed E-state index contributed by atoms with van der Waals surface area (Å²) < 4.78 is 11.0. The first-order valence-corrected chi connectivity index (χ1v) is 10.1. The summed E-state index contributed by atoms with van der Waals surface area (Å²) >= 11 is 0. The van der Waals surface area contributed by atoms with Crippen molar-refractivity contribution in [3.05, 3.63) is 36.2 Å². The summed E-state index contributed by atoms with van der Waals surface area (Å²) in [6.45, 7) is 5.47. The summed E-state index contributed by atoms with van der Waals surface area (Å²) in [5.74, 6) is 2.11. The first-order valence-electron chi connectivity index (χ1n) is 10.1. The summed E-state index contributed by atoms with van der Waals surface area (Å²) in [7, 11) is 0. The largest absolute Gasteiger partial charge is 0.380 e. The van der Waals surface area contributed by atoms with Gasteiger partial charge in [-0.1, -0.05) is 23.4 Å². The Labute approximate surface area is 164 Å². The lowest BCUT2D eigenvalue weighted by Crippen LogP contribution is -2.46. The van der Waals surface area contributed by atoms with Gasteiger partial charge in [0.25, 0.3) is 5.89 Å². The number of benzene rings is 1. The van der Waals surface area contributed by atoms with E-state index in [1.807, 2.05) is 19.1 Å². The molecule has 1 N–H and O–H groups in total. The maximum Gasteiger partial charge on any atom is 0.261 e. The minimum absolute atomic E-state index is 0.507. The highest BCUT2D eigenvalue weighted by Gasteiger charge is 2.27. The Bertz CT molecular complexity index is 958. The Kier molecular flexibility index (Phi) is 4.70. The minimum atomic E-state index is 0.507. The van der Waals surface area contributed by atoms with Crippen LogP contribution in [0.2, 0.25) is 0 Å². The monoisotopic (exact) mass is 379 g/mol. The molecule has 2 aliphatic rings. The second-order valence-electron chi connectivity index (χ2n) is 7.69. The molecule has 7 heteroatoms.